The molecule has 0 amide bonds. The summed E-state index contributed by atoms with van der Waals surface area (Å²) in [5.41, 5.74) is 5.72. The number of nitrogen functional groups attached to an aromatic ring is 1. The van der Waals surface area contributed by atoms with Gasteiger partial charge in [-0.15, -0.1) is 11.8 Å². The fourth-order valence-corrected chi connectivity index (χ4v) is 2.17. The molecule has 0 saturated heterocycles. The number of aliphatic hydroxyl groups is 1. The molecule has 16 heavy (non-hydrogen) atoms. The molecular weight excluding hydrogens is 232 g/mol. The van der Waals surface area contributed by atoms with Crippen molar-refractivity contribution in [2.45, 2.75) is 36.5 Å². The topological polar surface area (TPSA) is 46.2 Å². The van der Waals surface area contributed by atoms with Crippen LogP contribution in [0.1, 0.15) is 25.8 Å². The van der Waals surface area contributed by atoms with Crippen molar-refractivity contribution in [2.75, 3.05) is 5.73 Å². The zero-order chi connectivity index (χ0) is 12.3. The number of rotatable bonds is 4. The average Bonchev–Trinajstić information content (AvgIpc) is 2.20. The van der Waals surface area contributed by atoms with Gasteiger partial charge in [0, 0.05) is 21.4 Å². The van der Waals surface area contributed by atoms with E-state index in [0.717, 1.165) is 0 Å². The van der Waals surface area contributed by atoms with Crippen molar-refractivity contribution < 1.29 is 13.9 Å². The number of hydrogen-bond acceptors (Lipinski definition) is 3. The van der Waals surface area contributed by atoms with E-state index in [-0.39, 0.29) is 10.8 Å². The van der Waals surface area contributed by atoms with E-state index in [9.17, 15) is 13.9 Å². The van der Waals surface area contributed by atoms with Crippen LogP contribution in [0.2, 0.25) is 0 Å². The van der Waals surface area contributed by atoms with Crippen LogP contribution in [0.25, 0.3) is 0 Å². The molecule has 2 unspecified atom stereocenters. The van der Waals surface area contributed by atoms with Crippen LogP contribution in [0.15, 0.2) is 23.1 Å². The first-order chi connectivity index (χ1) is 7.41. The molecule has 0 heterocycles. The lowest BCUT2D eigenvalue weighted by atomic mass is 10.2. The predicted molar refractivity (Wildman–Crippen MR) is 62.8 cm³/mol. The molecule has 0 aliphatic carbocycles. The molecular formula is C11H15F2NOS. The molecule has 2 nitrogen and oxygen atoms in total. The minimum absolute atomic E-state index is 0.0718. The number of anilines is 1. The van der Waals surface area contributed by atoms with E-state index in [0.29, 0.717) is 10.6 Å². The van der Waals surface area contributed by atoms with E-state index in [4.69, 9.17) is 5.73 Å². The largest absolute Gasteiger partial charge is 0.399 e. The quantitative estimate of drug-likeness (QED) is 0.635. The fraction of sp³-hybridized carbons (Fsp3) is 0.455. The summed E-state index contributed by atoms with van der Waals surface area (Å²) in [5, 5.41) is 9.20. The second-order valence-electron chi connectivity index (χ2n) is 3.66. The molecule has 0 radical (unpaired) electrons. The fourth-order valence-electron chi connectivity index (χ4n) is 1.14. The monoisotopic (exact) mass is 247 g/mol. The predicted octanol–water partition coefficient (Wildman–Crippen LogP) is 3.07. The Kier molecular flexibility index (Phi) is 4.56. The van der Waals surface area contributed by atoms with Crippen molar-refractivity contribution in [1.82, 2.24) is 0 Å². The van der Waals surface area contributed by atoms with Gasteiger partial charge in [0.2, 0.25) is 0 Å². The van der Waals surface area contributed by atoms with Gasteiger partial charge in [0.25, 0.3) is 6.43 Å². The molecule has 0 spiro atoms. The van der Waals surface area contributed by atoms with Gasteiger partial charge >= 0.3 is 0 Å². The van der Waals surface area contributed by atoms with E-state index < -0.39 is 12.5 Å². The van der Waals surface area contributed by atoms with Gasteiger partial charge in [-0.05, 0) is 25.1 Å². The Morgan fingerprint density at radius 1 is 1.31 bits per heavy atom. The third-order valence-corrected chi connectivity index (χ3v) is 3.65. The van der Waals surface area contributed by atoms with E-state index in [2.05, 4.69) is 0 Å². The first-order valence-corrected chi connectivity index (χ1v) is 5.82. The number of alkyl halides is 2. The highest BCUT2D eigenvalue weighted by Gasteiger charge is 2.17. The Labute approximate surface area is 97.8 Å². The van der Waals surface area contributed by atoms with Gasteiger partial charge < -0.3 is 10.8 Å². The van der Waals surface area contributed by atoms with Gasteiger partial charge in [-0.2, -0.15) is 0 Å². The SMILES string of the molecule is CC(O)C(C)Sc1ccc(N)cc1C(F)F. The van der Waals surface area contributed by atoms with Crippen LogP contribution in [0.4, 0.5) is 14.5 Å². The summed E-state index contributed by atoms with van der Waals surface area (Å²) in [6, 6.07) is 4.44. The second-order valence-corrected chi connectivity index (χ2v) is 5.08. The number of thioether (sulfide) groups is 1. The molecule has 0 aliphatic heterocycles. The standard InChI is InChI=1S/C11H15F2NOS/c1-6(15)7(2)16-10-4-3-8(14)5-9(10)11(12)13/h3-7,11,15H,14H2,1-2H3. The average molecular weight is 247 g/mol. The van der Waals surface area contributed by atoms with E-state index >= 15 is 0 Å². The lowest BCUT2D eigenvalue weighted by Crippen LogP contribution is -2.15. The summed E-state index contributed by atoms with van der Waals surface area (Å²) >= 11 is 1.23. The smallest absolute Gasteiger partial charge is 0.265 e. The van der Waals surface area contributed by atoms with Gasteiger partial charge in [0.1, 0.15) is 0 Å². The van der Waals surface area contributed by atoms with E-state index in [1.54, 1.807) is 26.0 Å². The molecule has 90 valence electrons. The molecule has 0 bridgehead atoms. The van der Waals surface area contributed by atoms with E-state index in [1.807, 2.05) is 0 Å². The van der Waals surface area contributed by atoms with Gasteiger partial charge in [-0.1, -0.05) is 6.92 Å². The molecule has 0 fully saturated rings. The maximum atomic E-state index is 12.7. The number of hydrogen-bond donors (Lipinski definition) is 2. The van der Waals surface area contributed by atoms with Gasteiger partial charge in [0.15, 0.2) is 0 Å². The molecule has 0 aromatic heterocycles. The maximum Gasteiger partial charge on any atom is 0.265 e. The van der Waals surface area contributed by atoms with Crippen molar-refractivity contribution >= 4 is 17.4 Å². The summed E-state index contributed by atoms with van der Waals surface area (Å²) < 4.78 is 25.5. The van der Waals surface area contributed by atoms with Crippen molar-refractivity contribution in [3.05, 3.63) is 23.8 Å². The van der Waals surface area contributed by atoms with Gasteiger partial charge in [-0.3, -0.25) is 0 Å². The van der Waals surface area contributed by atoms with Crippen LogP contribution in [0.3, 0.4) is 0 Å². The van der Waals surface area contributed by atoms with Gasteiger partial charge in [-0.25, -0.2) is 8.78 Å². The van der Waals surface area contributed by atoms with Crippen LogP contribution in [0, 0.1) is 0 Å². The number of aliphatic hydroxyl groups excluding tert-OH is 1. The number of nitrogens with two attached hydrogens (primary N) is 1. The maximum absolute atomic E-state index is 12.7. The first-order valence-electron chi connectivity index (χ1n) is 4.94. The van der Waals surface area contributed by atoms with Crippen LogP contribution < -0.4 is 5.73 Å². The molecule has 3 N–H and O–H groups in total. The third-order valence-electron chi connectivity index (χ3n) is 2.26. The highest BCUT2D eigenvalue weighted by molar-refractivity contribution is 8.00. The molecule has 1 aromatic rings. The molecule has 5 heteroatoms. The number of halogens is 2. The first kappa shape index (κ1) is 13.3. The summed E-state index contributed by atoms with van der Waals surface area (Å²) in [6.07, 6.45) is -3.10. The van der Waals surface area contributed by atoms with Crippen molar-refractivity contribution in [3.63, 3.8) is 0 Å². The van der Waals surface area contributed by atoms with Crippen LogP contribution in [0.5, 0.6) is 0 Å². The van der Waals surface area contributed by atoms with Crippen molar-refractivity contribution in [1.29, 1.82) is 0 Å². The Morgan fingerprint density at radius 2 is 1.94 bits per heavy atom. The lowest BCUT2D eigenvalue weighted by molar-refractivity contribution is 0.148. The Hall–Kier alpha value is -0.810. The zero-order valence-electron chi connectivity index (χ0n) is 9.15. The zero-order valence-corrected chi connectivity index (χ0v) is 9.97. The van der Waals surface area contributed by atoms with Crippen LogP contribution >= 0.6 is 11.8 Å². The van der Waals surface area contributed by atoms with Crippen LogP contribution in [-0.4, -0.2) is 16.5 Å². The third kappa shape index (κ3) is 3.35. The molecule has 0 saturated carbocycles. The Bertz CT molecular complexity index is 358. The van der Waals surface area contributed by atoms with Gasteiger partial charge in [0.05, 0.1) is 6.10 Å². The Balaban J connectivity index is 2.95. The highest BCUT2D eigenvalue weighted by Crippen LogP contribution is 2.34. The molecule has 0 aliphatic rings. The summed E-state index contributed by atoms with van der Waals surface area (Å²) in [5.74, 6) is 0. The van der Waals surface area contributed by atoms with Crippen molar-refractivity contribution in [2.24, 2.45) is 0 Å². The second kappa shape index (κ2) is 5.50. The molecule has 1 rings (SSSR count). The number of benzene rings is 1. The summed E-state index contributed by atoms with van der Waals surface area (Å²) in [6.45, 7) is 3.43. The summed E-state index contributed by atoms with van der Waals surface area (Å²) in [7, 11) is 0. The lowest BCUT2D eigenvalue weighted by Gasteiger charge is -2.16. The molecule has 2 atom stereocenters. The van der Waals surface area contributed by atoms with Crippen molar-refractivity contribution in [3.8, 4) is 0 Å². The molecule has 1 aromatic carbocycles. The minimum Gasteiger partial charge on any atom is -0.399 e. The highest BCUT2D eigenvalue weighted by atomic mass is 32.2. The Morgan fingerprint density at radius 3 is 2.44 bits per heavy atom. The normalized spacial score (nSPS) is 15.1. The summed E-state index contributed by atoms with van der Waals surface area (Å²) in [4.78, 5) is 0.470. The van der Waals surface area contributed by atoms with Crippen LogP contribution in [-0.2, 0) is 0 Å². The minimum atomic E-state index is -2.55. The van der Waals surface area contributed by atoms with E-state index in [1.165, 1.54) is 17.8 Å².